The molecule has 0 saturated heterocycles. The van der Waals surface area contributed by atoms with E-state index < -0.39 is 6.10 Å². The molecule has 1 N–H and O–H groups in total. The Labute approximate surface area is 157 Å². The summed E-state index contributed by atoms with van der Waals surface area (Å²) in [5.74, 6) is 1.34. The molecule has 6 heteroatoms. The summed E-state index contributed by atoms with van der Waals surface area (Å²) >= 11 is 0. The number of fused-ring (bicyclic) bond motifs is 2. The summed E-state index contributed by atoms with van der Waals surface area (Å²) in [4.78, 5) is 26.9. The predicted octanol–water partition coefficient (Wildman–Crippen LogP) is 2.76. The van der Waals surface area contributed by atoms with E-state index in [9.17, 15) is 9.59 Å². The van der Waals surface area contributed by atoms with Crippen LogP contribution >= 0.6 is 0 Å². The molecule has 2 aliphatic heterocycles. The first-order valence-electron chi connectivity index (χ1n) is 9.33. The SMILES string of the molecule is O=C(Nc1ccc2c(c1)N(C(=O)C1CC1)CC2)C1COc2ccccc2O1. The number of ether oxygens (including phenoxy) is 2. The lowest BCUT2D eigenvalue weighted by Gasteiger charge is -2.25. The van der Waals surface area contributed by atoms with Crippen molar-refractivity contribution in [1.82, 2.24) is 0 Å². The van der Waals surface area contributed by atoms with Crippen LogP contribution in [-0.2, 0) is 16.0 Å². The molecule has 1 aliphatic carbocycles. The third-order valence-electron chi connectivity index (χ3n) is 5.24. The second-order valence-corrected chi connectivity index (χ2v) is 7.21. The largest absolute Gasteiger partial charge is 0.485 e. The molecule has 2 amide bonds. The van der Waals surface area contributed by atoms with Gasteiger partial charge in [0.05, 0.1) is 0 Å². The van der Waals surface area contributed by atoms with Gasteiger partial charge in [0.2, 0.25) is 12.0 Å². The van der Waals surface area contributed by atoms with E-state index in [-0.39, 0.29) is 24.3 Å². The summed E-state index contributed by atoms with van der Waals surface area (Å²) in [5, 5.41) is 2.89. The number of nitrogens with one attached hydrogen (secondary N) is 1. The monoisotopic (exact) mass is 364 g/mol. The van der Waals surface area contributed by atoms with Crippen LogP contribution in [0.15, 0.2) is 42.5 Å². The van der Waals surface area contributed by atoms with Gasteiger partial charge in [0.1, 0.15) is 6.61 Å². The van der Waals surface area contributed by atoms with E-state index in [1.165, 1.54) is 0 Å². The first kappa shape index (κ1) is 16.2. The fourth-order valence-electron chi connectivity index (χ4n) is 3.61. The molecule has 6 nitrogen and oxygen atoms in total. The number of rotatable bonds is 3. The Morgan fingerprint density at radius 3 is 2.70 bits per heavy atom. The second kappa shape index (κ2) is 6.30. The van der Waals surface area contributed by atoms with Crippen LogP contribution in [0, 0.1) is 5.92 Å². The van der Waals surface area contributed by atoms with Gasteiger partial charge in [0.15, 0.2) is 11.5 Å². The van der Waals surface area contributed by atoms with Crippen LogP contribution in [-0.4, -0.2) is 31.1 Å². The minimum absolute atomic E-state index is 0.167. The van der Waals surface area contributed by atoms with Crippen LogP contribution in [0.3, 0.4) is 0 Å². The van der Waals surface area contributed by atoms with Gasteiger partial charge >= 0.3 is 0 Å². The Balaban J connectivity index is 1.31. The number of hydrogen-bond acceptors (Lipinski definition) is 4. The highest BCUT2D eigenvalue weighted by molar-refractivity contribution is 6.00. The zero-order valence-electron chi connectivity index (χ0n) is 14.8. The maximum absolute atomic E-state index is 12.6. The molecule has 0 aromatic heterocycles. The fraction of sp³-hybridized carbons (Fsp3) is 0.333. The third kappa shape index (κ3) is 3.01. The van der Waals surface area contributed by atoms with Crippen molar-refractivity contribution in [3.8, 4) is 11.5 Å². The number of para-hydroxylation sites is 2. The molecule has 27 heavy (non-hydrogen) atoms. The van der Waals surface area contributed by atoms with Crippen molar-refractivity contribution in [2.45, 2.75) is 25.4 Å². The molecule has 2 aromatic carbocycles. The quantitative estimate of drug-likeness (QED) is 0.909. The number of hydrogen-bond donors (Lipinski definition) is 1. The Bertz CT molecular complexity index is 922. The maximum atomic E-state index is 12.6. The van der Waals surface area contributed by atoms with Gasteiger partial charge in [-0.15, -0.1) is 0 Å². The van der Waals surface area contributed by atoms with Gasteiger partial charge in [-0.3, -0.25) is 9.59 Å². The van der Waals surface area contributed by atoms with E-state index >= 15 is 0 Å². The number of carbonyl (C=O) groups excluding carboxylic acids is 2. The van der Waals surface area contributed by atoms with Crippen LogP contribution in [0.1, 0.15) is 18.4 Å². The van der Waals surface area contributed by atoms with E-state index in [0.29, 0.717) is 17.2 Å². The van der Waals surface area contributed by atoms with Crippen molar-refractivity contribution in [1.29, 1.82) is 0 Å². The number of amides is 2. The molecule has 138 valence electrons. The van der Waals surface area contributed by atoms with Crippen molar-refractivity contribution < 1.29 is 19.1 Å². The first-order valence-corrected chi connectivity index (χ1v) is 9.33. The number of carbonyl (C=O) groups is 2. The maximum Gasteiger partial charge on any atom is 0.269 e. The third-order valence-corrected chi connectivity index (χ3v) is 5.24. The number of anilines is 2. The lowest BCUT2D eigenvalue weighted by molar-refractivity contribution is -0.125. The summed E-state index contributed by atoms with van der Waals surface area (Å²) in [6.07, 6.45) is 2.12. The highest BCUT2D eigenvalue weighted by atomic mass is 16.6. The lowest BCUT2D eigenvalue weighted by atomic mass is 10.1. The zero-order valence-corrected chi connectivity index (χ0v) is 14.8. The first-order chi connectivity index (χ1) is 13.2. The minimum Gasteiger partial charge on any atom is -0.485 e. The normalized spacial score (nSPS) is 20.1. The molecule has 3 aliphatic rings. The molecular formula is C21H20N2O4. The van der Waals surface area contributed by atoms with Gasteiger partial charge in [-0.25, -0.2) is 0 Å². The standard InChI is InChI=1S/C21H20N2O4/c24-20(19-12-26-17-3-1-2-4-18(17)27-19)22-15-8-7-13-9-10-23(16(13)11-15)21(25)14-5-6-14/h1-4,7-8,11,14,19H,5-6,9-10,12H2,(H,22,24). The smallest absolute Gasteiger partial charge is 0.269 e. The molecule has 1 atom stereocenters. The molecular weight excluding hydrogens is 344 g/mol. The summed E-state index contributed by atoms with van der Waals surface area (Å²) in [7, 11) is 0. The molecule has 2 aromatic rings. The Morgan fingerprint density at radius 2 is 1.89 bits per heavy atom. The average Bonchev–Trinajstić information content (AvgIpc) is 3.47. The van der Waals surface area contributed by atoms with E-state index in [1.807, 2.05) is 41.3 Å². The van der Waals surface area contributed by atoms with Crippen LogP contribution in [0.2, 0.25) is 0 Å². The second-order valence-electron chi connectivity index (χ2n) is 7.21. The lowest BCUT2D eigenvalue weighted by Crippen LogP contribution is -2.40. The topological polar surface area (TPSA) is 67.9 Å². The summed E-state index contributed by atoms with van der Waals surface area (Å²) in [5.41, 5.74) is 2.72. The summed E-state index contributed by atoms with van der Waals surface area (Å²) in [6, 6.07) is 13.0. The molecule has 0 spiro atoms. The summed E-state index contributed by atoms with van der Waals surface area (Å²) < 4.78 is 11.4. The molecule has 1 unspecified atom stereocenters. The van der Waals surface area contributed by atoms with Crippen LogP contribution in [0.4, 0.5) is 11.4 Å². The average molecular weight is 364 g/mol. The van der Waals surface area contributed by atoms with Gasteiger partial charge in [-0.1, -0.05) is 18.2 Å². The van der Waals surface area contributed by atoms with Crippen LogP contribution < -0.4 is 19.7 Å². The number of nitrogens with zero attached hydrogens (tertiary/aromatic N) is 1. The molecule has 5 rings (SSSR count). The number of benzene rings is 2. The van der Waals surface area contributed by atoms with Gasteiger partial charge in [-0.2, -0.15) is 0 Å². The van der Waals surface area contributed by atoms with Crippen molar-refractivity contribution in [3.63, 3.8) is 0 Å². The van der Waals surface area contributed by atoms with Crippen molar-refractivity contribution in [3.05, 3.63) is 48.0 Å². The minimum atomic E-state index is -0.711. The van der Waals surface area contributed by atoms with Gasteiger partial charge in [0, 0.05) is 23.8 Å². The van der Waals surface area contributed by atoms with Gasteiger partial charge in [-0.05, 0) is 49.1 Å². The van der Waals surface area contributed by atoms with Crippen molar-refractivity contribution in [2.75, 3.05) is 23.4 Å². The fourth-order valence-corrected chi connectivity index (χ4v) is 3.61. The summed E-state index contributed by atoms with van der Waals surface area (Å²) in [6.45, 7) is 0.887. The van der Waals surface area contributed by atoms with E-state index in [4.69, 9.17) is 9.47 Å². The van der Waals surface area contributed by atoms with Crippen molar-refractivity contribution in [2.24, 2.45) is 5.92 Å². The molecule has 2 heterocycles. The van der Waals surface area contributed by atoms with E-state index in [2.05, 4.69) is 5.32 Å². The Hall–Kier alpha value is -3.02. The van der Waals surface area contributed by atoms with Gasteiger partial charge in [0.25, 0.3) is 5.91 Å². The highest BCUT2D eigenvalue weighted by Crippen LogP contribution is 2.37. The highest BCUT2D eigenvalue weighted by Gasteiger charge is 2.36. The van der Waals surface area contributed by atoms with E-state index in [0.717, 1.165) is 37.1 Å². The van der Waals surface area contributed by atoms with Crippen LogP contribution in [0.25, 0.3) is 0 Å². The molecule has 1 saturated carbocycles. The molecule has 0 bridgehead atoms. The zero-order chi connectivity index (χ0) is 18.4. The predicted molar refractivity (Wildman–Crippen MR) is 100 cm³/mol. The van der Waals surface area contributed by atoms with Crippen LogP contribution in [0.5, 0.6) is 11.5 Å². The molecule has 1 fully saturated rings. The van der Waals surface area contributed by atoms with Gasteiger partial charge < -0.3 is 19.7 Å². The van der Waals surface area contributed by atoms with Crippen molar-refractivity contribution >= 4 is 23.2 Å². The van der Waals surface area contributed by atoms with E-state index in [1.54, 1.807) is 6.07 Å². The molecule has 0 radical (unpaired) electrons. The Kier molecular flexibility index (Phi) is 3.77. The Morgan fingerprint density at radius 1 is 1.07 bits per heavy atom.